The van der Waals surface area contributed by atoms with E-state index in [9.17, 15) is 9.18 Å². The van der Waals surface area contributed by atoms with Gasteiger partial charge >= 0.3 is 0 Å². The van der Waals surface area contributed by atoms with Crippen molar-refractivity contribution in [2.45, 2.75) is 10.6 Å². The summed E-state index contributed by atoms with van der Waals surface area (Å²) >= 11 is 4.78. The maximum Gasteiger partial charge on any atom is 0.150 e. The fraction of sp³-hybridized carbons (Fsp3) is 0.0714. The molecule has 0 aliphatic rings. The molecule has 2 aromatic rings. The van der Waals surface area contributed by atoms with Gasteiger partial charge in [-0.25, -0.2) is 4.39 Å². The highest BCUT2D eigenvalue weighted by Gasteiger charge is 2.02. The van der Waals surface area contributed by atoms with Crippen LogP contribution in [0.3, 0.4) is 0 Å². The van der Waals surface area contributed by atoms with E-state index >= 15 is 0 Å². The molecule has 0 bridgehead atoms. The maximum absolute atomic E-state index is 13.1. The molecule has 2 rings (SSSR count). The zero-order valence-electron chi connectivity index (χ0n) is 9.40. The van der Waals surface area contributed by atoms with E-state index in [2.05, 4.69) is 15.9 Å². The van der Waals surface area contributed by atoms with Crippen LogP contribution in [0.1, 0.15) is 15.9 Å². The lowest BCUT2D eigenvalue weighted by molar-refractivity contribution is 0.112. The molecule has 0 aromatic heterocycles. The molecule has 0 N–H and O–H groups in total. The summed E-state index contributed by atoms with van der Waals surface area (Å²) < 4.78 is 13.5. The molecule has 0 amide bonds. The summed E-state index contributed by atoms with van der Waals surface area (Å²) in [7, 11) is 0. The molecular weight excluding hydrogens is 315 g/mol. The molecule has 0 saturated heterocycles. The fourth-order valence-corrected chi connectivity index (χ4v) is 2.81. The highest BCUT2D eigenvalue weighted by Crippen LogP contribution is 2.25. The van der Waals surface area contributed by atoms with Gasteiger partial charge in [-0.3, -0.25) is 4.79 Å². The van der Waals surface area contributed by atoms with Crippen LogP contribution in [0.5, 0.6) is 0 Å². The zero-order valence-corrected chi connectivity index (χ0v) is 11.8. The quantitative estimate of drug-likeness (QED) is 0.599. The lowest BCUT2D eigenvalue weighted by Gasteiger charge is -2.04. The summed E-state index contributed by atoms with van der Waals surface area (Å²) in [5, 5.41) is 0. The third-order valence-corrected chi connectivity index (χ3v) is 4.06. The number of aldehydes is 1. The van der Waals surface area contributed by atoms with E-state index in [1.165, 1.54) is 6.07 Å². The molecule has 18 heavy (non-hydrogen) atoms. The standard InChI is InChI=1S/C14H10BrFOS/c15-13-7-11(4-5-14(13)16)9-18-12-3-1-2-10(6-12)8-17/h1-8H,9H2. The van der Waals surface area contributed by atoms with Gasteiger partial charge in [0.2, 0.25) is 0 Å². The molecular formula is C14H10BrFOS. The van der Waals surface area contributed by atoms with Gasteiger partial charge < -0.3 is 0 Å². The Bertz CT molecular complexity index is 571. The van der Waals surface area contributed by atoms with Crippen LogP contribution in [0.2, 0.25) is 0 Å². The third-order valence-electron chi connectivity index (χ3n) is 2.38. The van der Waals surface area contributed by atoms with Gasteiger partial charge in [0, 0.05) is 16.2 Å². The largest absolute Gasteiger partial charge is 0.298 e. The molecule has 0 aliphatic heterocycles. The predicted molar refractivity (Wildman–Crippen MR) is 75.5 cm³/mol. The number of thioether (sulfide) groups is 1. The second-order valence-corrected chi connectivity index (χ2v) is 5.63. The molecule has 4 heteroatoms. The first-order chi connectivity index (χ1) is 8.69. The molecule has 0 aliphatic carbocycles. The van der Waals surface area contributed by atoms with Gasteiger partial charge in [-0.15, -0.1) is 11.8 Å². The first kappa shape index (κ1) is 13.3. The van der Waals surface area contributed by atoms with Crippen molar-refractivity contribution in [1.82, 2.24) is 0 Å². The number of halogens is 2. The van der Waals surface area contributed by atoms with E-state index in [-0.39, 0.29) is 5.82 Å². The van der Waals surface area contributed by atoms with Crippen LogP contribution in [-0.4, -0.2) is 6.29 Å². The first-order valence-electron chi connectivity index (χ1n) is 5.31. The number of hydrogen-bond donors (Lipinski definition) is 0. The van der Waals surface area contributed by atoms with Crippen LogP contribution in [-0.2, 0) is 5.75 Å². The highest BCUT2D eigenvalue weighted by molar-refractivity contribution is 9.10. The van der Waals surface area contributed by atoms with Crippen molar-refractivity contribution in [2.75, 3.05) is 0 Å². The fourth-order valence-electron chi connectivity index (χ4n) is 1.47. The average molecular weight is 325 g/mol. The Labute approximate surface area is 118 Å². The van der Waals surface area contributed by atoms with E-state index in [1.807, 2.05) is 18.2 Å². The Morgan fingerprint density at radius 1 is 1.22 bits per heavy atom. The Morgan fingerprint density at radius 3 is 2.78 bits per heavy atom. The minimum Gasteiger partial charge on any atom is -0.298 e. The van der Waals surface area contributed by atoms with E-state index in [0.717, 1.165) is 22.5 Å². The van der Waals surface area contributed by atoms with Crippen molar-refractivity contribution < 1.29 is 9.18 Å². The zero-order chi connectivity index (χ0) is 13.0. The molecule has 92 valence electrons. The Kier molecular flexibility index (Phi) is 4.55. The average Bonchev–Trinajstić information content (AvgIpc) is 2.40. The maximum atomic E-state index is 13.1. The van der Waals surface area contributed by atoms with E-state index in [0.29, 0.717) is 10.0 Å². The summed E-state index contributed by atoms with van der Waals surface area (Å²) in [5.41, 5.74) is 1.70. The summed E-state index contributed by atoms with van der Waals surface area (Å²) in [4.78, 5) is 11.7. The van der Waals surface area contributed by atoms with Crippen LogP contribution < -0.4 is 0 Å². The Morgan fingerprint density at radius 2 is 2.06 bits per heavy atom. The molecule has 0 radical (unpaired) electrons. The van der Waals surface area contributed by atoms with E-state index in [1.54, 1.807) is 30.0 Å². The Balaban J connectivity index is 2.06. The van der Waals surface area contributed by atoms with E-state index in [4.69, 9.17) is 0 Å². The number of rotatable bonds is 4. The van der Waals surface area contributed by atoms with Gasteiger partial charge in [0.15, 0.2) is 0 Å². The van der Waals surface area contributed by atoms with Gasteiger partial charge in [-0.1, -0.05) is 18.2 Å². The van der Waals surface area contributed by atoms with Gasteiger partial charge in [-0.05, 0) is 45.8 Å². The molecule has 0 fully saturated rings. The number of carbonyl (C=O) groups excluding carboxylic acids is 1. The van der Waals surface area contributed by atoms with Gasteiger partial charge in [-0.2, -0.15) is 0 Å². The van der Waals surface area contributed by atoms with Crippen molar-refractivity contribution in [3.63, 3.8) is 0 Å². The smallest absolute Gasteiger partial charge is 0.150 e. The highest BCUT2D eigenvalue weighted by atomic mass is 79.9. The van der Waals surface area contributed by atoms with Crippen LogP contribution in [0, 0.1) is 5.82 Å². The summed E-state index contributed by atoms with van der Waals surface area (Å²) in [6.45, 7) is 0. The monoisotopic (exact) mass is 324 g/mol. The van der Waals surface area contributed by atoms with Gasteiger partial charge in [0.1, 0.15) is 12.1 Å². The summed E-state index contributed by atoms with van der Waals surface area (Å²) in [6, 6.07) is 12.4. The minimum atomic E-state index is -0.258. The molecule has 0 heterocycles. The van der Waals surface area contributed by atoms with E-state index < -0.39 is 0 Å². The van der Waals surface area contributed by atoms with Crippen molar-refractivity contribution in [1.29, 1.82) is 0 Å². The number of benzene rings is 2. The molecule has 0 saturated carbocycles. The van der Waals surface area contributed by atoms with Crippen molar-refractivity contribution in [2.24, 2.45) is 0 Å². The van der Waals surface area contributed by atoms with Crippen molar-refractivity contribution >= 4 is 34.0 Å². The van der Waals surface area contributed by atoms with Crippen LogP contribution in [0.15, 0.2) is 51.8 Å². The molecule has 0 unspecified atom stereocenters. The second kappa shape index (κ2) is 6.16. The number of hydrogen-bond acceptors (Lipinski definition) is 2. The summed E-state index contributed by atoms with van der Waals surface area (Å²) in [5.74, 6) is 0.480. The van der Waals surface area contributed by atoms with Crippen molar-refractivity contribution in [3.05, 3.63) is 63.9 Å². The SMILES string of the molecule is O=Cc1cccc(SCc2ccc(F)c(Br)c2)c1. The molecule has 2 aromatic carbocycles. The molecule has 0 atom stereocenters. The lowest BCUT2D eigenvalue weighted by Crippen LogP contribution is -1.85. The van der Waals surface area contributed by atoms with Gasteiger partial charge in [0.25, 0.3) is 0 Å². The van der Waals surface area contributed by atoms with Crippen LogP contribution in [0.25, 0.3) is 0 Å². The molecule has 0 spiro atoms. The van der Waals surface area contributed by atoms with Crippen LogP contribution in [0.4, 0.5) is 4.39 Å². The normalized spacial score (nSPS) is 10.3. The first-order valence-corrected chi connectivity index (χ1v) is 7.09. The number of carbonyl (C=O) groups is 1. The summed E-state index contributed by atoms with van der Waals surface area (Å²) in [6.07, 6.45) is 0.832. The minimum absolute atomic E-state index is 0.258. The topological polar surface area (TPSA) is 17.1 Å². The second-order valence-electron chi connectivity index (χ2n) is 3.73. The van der Waals surface area contributed by atoms with Crippen molar-refractivity contribution in [3.8, 4) is 0 Å². The Hall–Kier alpha value is -1.13. The third kappa shape index (κ3) is 3.43. The van der Waals surface area contributed by atoms with Crippen LogP contribution >= 0.6 is 27.7 Å². The molecule has 1 nitrogen and oxygen atoms in total. The van der Waals surface area contributed by atoms with Gasteiger partial charge in [0.05, 0.1) is 4.47 Å². The lowest BCUT2D eigenvalue weighted by atomic mass is 10.2. The predicted octanol–water partition coefficient (Wildman–Crippen LogP) is 4.69.